The van der Waals surface area contributed by atoms with Crippen LogP contribution >= 0.6 is 15.9 Å². The fourth-order valence-electron chi connectivity index (χ4n) is 3.44. The number of carbonyl (C=O) groups is 2. The molecule has 0 bridgehead atoms. The predicted octanol–water partition coefficient (Wildman–Crippen LogP) is 5.97. The average Bonchev–Trinajstić information content (AvgIpc) is 2.89. The van der Waals surface area contributed by atoms with Gasteiger partial charge in [0.05, 0.1) is 12.6 Å². The molecule has 0 aliphatic heterocycles. The van der Waals surface area contributed by atoms with Crippen molar-refractivity contribution in [3.05, 3.63) is 130 Å². The summed E-state index contributed by atoms with van der Waals surface area (Å²) >= 11 is 3.46. The first-order chi connectivity index (χ1) is 17.6. The number of nitrogens with zero attached hydrogens (tertiary/aromatic N) is 1. The van der Waals surface area contributed by atoms with Gasteiger partial charge in [0.2, 0.25) is 5.91 Å². The molecule has 180 valence electrons. The van der Waals surface area contributed by atoms with Crippen LogP contribution in [0.1, 0.15) is 27.0 Å². The molecule has 6 nitrogen and oxygen atoms in total. The number of hydrazone groups is 1. The maximum atomic E-state index is 12.6. The molecule has 0 radical (unpaired) electrons. The lowest BCUT2D eigenvalue weighted by atomic mass is 10.1. The van der Waals surface area contributed by atoms with Gasteiger partial charge in [0.25, 0.3) is 5.91 Å². The minimum atomic E-state index is -0.396. The van der Waals surface area contributed by atoms with E-state index in [2.05, 4.69) is 31.8 Å². The molecule has 0 fully saturated rings. The number of halogens is 1. The van der Waals surface area contributed by atoms with Gasteiger partial charge in [-0.25, -0.2) is 5.43 Å². The molecule has 4 aromatic rings. The van der Waals surface area contributed by atoms with Crippen LogP contribution in [0.4, 0.5) is 5.69 Å². The van der Waals surface area contributed by atoms with Gasteiger partial charge in [0.15, 0.2) is 0 Å². The second kappa shape index (κ2) is 12.5. The van der Waals surface area contributed by atoms with Crippen LogP contribution in [0.3, 0.4) is 0 Å². The summed E-state index contributed by atoms with van der Waals surface area (Å²) in [4.78, 5) is 25.0. The summed E-state index contributed by atoms with van der Waals surface area (Å²) in [6.45, 7) is 0.415. The van der Waals surface area contributed by atoms with E-state index in [4.69, 9.17) is 4.74 Å². The summed E-state index contributed by atoms with van der Waals surface area (Å²) in [5.74, 6) is 0.0878. The first kappa shape index (κ1) is 24.9. The van der Waals surface area contributed by atoms with Crippen LogP contribution in [-0.4, -0.2) is 18.0 Å². The Bertz CT molecular complexity index is 1360. The van der Waals surface area contributed by atoms with Crippen LogP contribution in [0.25, 0.3) is 0 Å². The Morgan fingerprint density at radius 3 is 2.31 bits per heavy atom. The quantitative estimate of drug-likeness (QED) is 0.202. The minimum Gasteiger partial charge on any atom is -0.488 e. The van der Waals surface area contributed by atoms with Crippen molar-refractivity contribution in [1.29, 1.82) is 0 Å². The third kappa shape index (κ3) is 7.38. The number of ether oxygens (including phenoxy) is 1. The zero-order valence-electron chi connectivity index (χ0n) is 19.4. The van der Waals surface area contributed by atoms with Gasteiger partial charge in [-0.2, -0.15) is 5.10 Å². The van der Waals surface area contributed by atoms with Crippen molar-refractivity contribution in [3.8, 4) is 5.75 Å². The molecule has 0 atom stereocenters. The van der Waals surface area contributed by atoms with Crippen molar-refractivity contribution in [3.63, 3.8) is 0 Å². The van der Waals surface area contributed by atoms with Gasteiger partial charge in [-0.1, -0.05) is 82.7 Å². The Morgan fingerprint density at radius 2 is 1.56 bits per heavy atom. The van der Waals surface area contributed by atoms with Gasteiger partial charge in [-0.15, -0.1) is 0 Å². The molecule has 0 saturated carbocycles. The van der Waals surface area contributed by atoms with Crippen molar-refractivity contribution in [2.75, 3.05) is 5.32 Å². The monoisotopic (exact) mass is 541 g/mol. The molecule has 0 spiro atoms. The van der Waals surface area contributed by atoms with Crippen molar-refractivity contribution in [2.24, 2.45) is 5.10 Å². The fourth-order valence-corrected chi connectivity index (χ4v) is 3.82. The Morgan fingerprint density at radius 1 is 0.833 bits per heavy atom. The van der Waals surface area contributed by atoms with E-state index >= 15 is 0 Å². The smallest absolute Gasteiger partial charge is 0.271 e. The molecule has 7 heteroatoms. The summed E-state index contributed by atoms with van der Waals surface area (Å²) in [6.07, 6.45) is 1.79. The Balaban J connectivity index is 1.37. The van der Waals surface area contributed by atoms with Gasteiger partial charge in [0.1, 0.15) is 12.4 Å². The van der Waals surface area contributed by atoms with Crippen LogP contribution in [-0.2, 0) is 17.8 Å². The van der Waals surface area contributed by atoms with Crippen LogP contribution in [0, 0.1) is 0 Å². The zero-order chi connectivity index (χ0) is 25.2. The average molecular weight is 542 g/mol. The van der Waals surface area contributed by atoms with Crippen molar-refractivity contribution >= 4 is 39.6 Å². The molecule has 2 N–H and O–H groups in total. The third-order valence-corrected chi connectivity index (χ3v) is 5.69. The first-order valence-electron chi connectivity index (χ1n) is 11.3. The summed E-state index contributed by atoms with van der Waals surface area (Å²) in [6, 6.07) is 31.6. The normalized spacial score (nSPS) is 10.7. The van der Waals surface area contributed by atoms with Gasteiger partial charge in [-0.05, 0) is 47.5 Å². The van der Waals surface area contributed by atoms with Crippen LogP contribution in [0.5, 0.6) is 5.75 Å². The molecule has 4 rings (SSSR count). The number of benzene rings is 4. The van der Waals surface area contributed by atoms with E-state index in [0.29, 0.717) is 29.2 Å². The van der Waals surface area contributed by atoms with Crippen LogP contribution in [0.2, 0.25) is 0 Å². The standard InChI is InChI=1S/C29H24BrN3O3/c30-25-14-15-27(36-20-22-10-5-2-6-11-22)24(17-25)19-31-33-29(35)23-12-7-13-26(18-23)32-28(34)16-21-8-3-1-4-9-21/h1-15,17-19H,16,20H2,(H,32,34)(H,33,35). The summed E-state index contributed by atoms with van der Waals surface area (Å²) in [5.41, 5.74) is 6.12. The van der Waals surface area contributed by atoms with Gasteiger partial charge < -0.3 is 10.1 Å². The second-order valence-electron chi connectivity index (χ2n) is 7.95. The van der Waals surface area contributed by atoms with E-state index in [1.54, 1.807) is 24.3 Å². The lowest BCUT2D eigenvalue weighted by molar-refractivity contribution is -0.115. The molecule has 0 heterocycles. The van der Waals surface area contributed by atoms with E-state index in [1.807, 2.05) is 78.9 Å². The molecular weight excluding hydrogens is 518 g/mol. The number of nitrogens with one attached hydrogen (secondary N) is 2. The Kier molecular flexibility index (Phi) is 8.62. The summed E-state index contributed by atoms with van der Waals surface area (Å²) in [7, 11) is 0. The summed E-state index contributed by atoms with van der Waals surface area (Å²) < 4.78 is 6.81. The van der Waals surface area contributed by atoms with E-state index in [1.165, 1.54) is 6.21 Å². The highest BCUT2D eigenvalue weighted by molar-refractivity contribution is 9.10. The molecule has 0 unspecified atom stereocenters. The second-order valence-corrected chi connectivity index (χ2v) is 8.86. The Labute approximate surface area is 218 Å². The highest BCUT2D eigenvalue weighted by Crippen LogP contribution is 2.23. The molecule has 36 heavy (non-hydrogen) atoms. The molecular formula is C29H24BrN3O3. The zero-order valence-corrected chi connectivity index (χ0v) is 20.9. The van der Waals surface area contributed by atoms with Gasteiger partial charge in [0, 0.05) is 21.3 Å². The van der Waals surface area contributed by atoms with Crippen LogP contribution < -0.4 is 15.5 Å². The van der Waals surface area contributed by atoms with Crippen LogP contribution in [0.15, 0.2) is 113 Å². The van der Waals surface area contributed by atoms with E-state index < -0.39 is 5.91 Å². The predicted molar refractivity (Wildman–Crippen MR) is 145 cm³/mol. The maximum Gasteiger partial charge on any atom is 0.271 e. The lowest BCUT2D eigenvalue weighted by Gasteiger charge is -2.10. The lowest BCUT2D eigenvalue weighted by Crippen LogP contribution is -2.19. The van der Waals surface area contributed by atoms with Gasteiger partial charge in [-0.3, -0.25) is 9.59 Å². The number of amides is 2. The minimum absolute atomic E-state index is 0.158. The number of hydrogen-bond donors (Lipinski definition) is 2. The largest absolute Gasteiger partial charge is 0.488 e. The third-order valence-electron chi connectivity index (χ3n) is 5.19. The van der Waals surface area contributed by atoms with Gasteiger partial charge >= 0.3 is 0 Å². The molecule has 4 aromatic carbocycles. The van der Waals surface area contributed by atoms with Crippen molar-refractivity contribution in [2.45, 2.75) is 13.0 Å². The van der Waals surface area contributed by atoms with Crippen molar-refractivity contribution < 1.29 is 14.3 Å². The first-order valence-corrected chi connectivity index (χ1v) is 12.1. The molecule has 2 amide bonds. The maximum absolute atomic E-state index is 12.6. The highest BCUT2D eigenvalue weighted by atomic mass is 79.9. The van der Waals surface area contributed by atoms with Crippen molar-refractivity contribution in [1.82, 2.24) is 5.43 Å². The molecule has 0 aromatic heterocycles. The number of anilines is 1. The number of carbonyl (C=O) groups excluding carboxylic acids is 2. The fraction of sp³-hybridized carbons (Fsp3) is 0.0690. The SMILES string of the molecule is O=C(Cc1ccccc1)Nc1cccc(C(=O)NN=Cc2cc(Br)ccc2OCc2ccccc2)c1. The van der Waals surface area contributed by atoms with E-state index in [-0.39, 0.29) is 12.3 Å². The Hall–Kier alpha value is -4.23. The topological polar surface area (TPSA) is 79.8 Å². The summed E-state index contributed by atoms with van der Waals surface area (Å²) in [5, 5.41) is 6.94. The number of rotatable bonds is 9. The molecule has 0 aliphatic rings. The molecule has 0 aliphatic carbocycles. The van der Waals surface area contributed by atoms with E-state index in [0.717, 1.165) is 15.6 Å². The highest BCUT2D eigenvalue weighted by Gasteiger charge is 2.09. The number of hydrogen-bond acceptors (Lipinski definition) is 4. The molecule has 0 saturated heterocycles. The van der Waals surface area contributed by atoms with E-state index in [9.17, 15) is 9.59 Å².